The van der Waals surface area contributed by atoms with Gasteiger partial charge in [0.15, 0.2) is 0 Å². The first-order chi connectivity index (χ1) is 4.79. The number of hydrogen-bond acceptors (Lipinski definition) is 1. The molecule has 56 valence electrons. The molecule has 1 nitrogen and oxygen atoms in total. The zero-order valence-electron chi connectivity index (χ0n) is 5.90. The van der Waals surface area contributed by atoms with Crippen LogP contribution in [0.25, 0.3) is 0 Å². The molecule has 2 aliphatic heterocycles. The van der Waals surface area contributed by atoms with E-state index in [1.807, 2.05) is 0 Å². The molecule has 0 unspecified atom stereocenters. The van der Waals surface area contributed by atoms with E-state index < -0.39 is 0 Å². The molecule has 2 heterocycles. The van der Waals surface area contributed by atoms with Gasteiger partial charge in [0.05, 0.1) is 11.2 Å². The fourth-order valence-electron chi connectivity index (χ4n) is 2.58. The van der Waals surface area contributed by atoms with Crippen LogP contribution in [-0.4, -0.2) is 16.5 Å². The fourth-order valence-corrected chi connectivity index (χ4v) is 3.15. The standard InChI is InChI=1S/C8H11BrO/c9-5-7-3-6(4-7)8(10-7)1-2-8/h6H,1-5H2. The van der Waals surface area contributed by atoms with E-state index >= 15 is 0 Å². The van der Waals surface area contributed by atoms with Crippen LogP contribution >= 0.6 is 15.9 Å². The predicted molar refractivity (Wildman–Crippen MR) is 42.3 cm³/mol. The number of halogens is 1. The average molecular weight is 203 g/mol. The van der Waals surface area contributed by atoms with Crippen LogP contribution in [0.3, 0.4) is 0 Å². The van der Waals surface area contributed by atoms with E-state index in [0.717, 1.165) is 11.2 Å². The Morgan fingerprint density at radius 2 is 2.10 bits per heavy atom. The number of ether oxygens (including phenoxy) is 1. The van der Waals surface area contributed by atoms with Crippen LogP contribution in [0.2, 0.25) is 0 Å². The zero-order chi connectivity index (χ0) is 6.82. The van der Waals surface area contributed by atoms with Crippen molar-refractivity contribution in [3.63, 3.8) is 0 Å². The monoisotopic (exact) mass is 202 g/mol. The van der Waals surface area contributed by atoms with Crippen LogP contribution in [0.5, 0.6) is 0 Å². The minimum Gasteiger partial charge on any atom is -0.367 e. The summed E-state index contributed by atoms with van der Waals surface area (Å²) in [6.45, 7) is 0. The minimum atomic E-state index is 0.293. The van der Waals surface area contributed by atoms with Gasteiger partial charge in [0, 0.05) is 5.33 Å². The van der Waals surface area contributed by atoms with Crippen LogP contribution in [-0.2, 0) is 4.74 Å². The molecule has 0 aromatic rings. The van der Waals surface area contributed by atoms with Crippen LogP contribution in [0.1, 0.15) is 25.7 Å². The maximum Gasteiger partial charge on any atom is 0.0794 e. The Labute approximate surface area is 69.3 Å². The Morgan fingerprint density at radius 3 is 2.40 bits per heavy atom. The Balaban J connectivity index is 1.90. The first-order valence-corrected chi connectivity index (χ1v) is 5.17. The summed E-state index contributed by atoms with van der Waals surface area (Å²) in [5.74, 6) is 0.935. The first kappa shape index (κ1) is 6.01. The summed E-state index contributed by atoms with van der Waals surface area (Å²) < 4.78 is 6.02. The molecule has 4 aliphatic rings. The molecule has 0 atom stereocenters. The summed E-state index contributed by atoms with van der Waals surface area (Å²) in [5.41, 5.74) is 0.703. The van der Waals surface area contributed by atoms with Gasteiger partial charge >= 0.3 is 0 Å². The van der Waals surface area contributed by atoms with Gasteiger partial charge in [-0.3, -0.25) is 0 Å². The highest BCUT2D eigenvalue weighted by Gasteiger charge is 2.69. The molecule has 2 bridgehead atoms. The van der Waals surface area contributed by atoms with Crippen LogP contribution < -0.4 is 0 Å². The Kier molecular flexibility index (Phi) is 0.879. The molecule has 0 radical (unpaired) electrons. The summed E-state index contributed by atoms with van der Waals surface area (Å²) in [7, 11) is 0. The molecule has 4 fully saturated rings. The van der Waals surface area contributed by atoms with E-state index in [2.05, 4.69) is 15.9 Å². The molecular formula is C8H11BrO. The second-order valence-corrected chi connectivity index (χ2v) is 4.65. The van der Waals surface area contributed by atoms with Crippen molar-refractivity contribution >= 4 is 15.9 Å². The Bertz CT molecular complexity index is 180. The lowest BCUT2D eigenvalue weighted by Crippen LogP contribution is -2.37. The molecule has 2 aliphatic carbocycles. The van der Waals surface area contributed by atoms with Crippen LogP contribution in [0.15, 0.2) is 0 Å². The number of hydrogen-bond donors (Lipinski definition) is 0. The molecule has 4 rings (SSSR count). The lowest BCUT2D eigenvalue weighted by Gasteiger charge is -2.33. The van der Waals surface area contributed by atoms with E-state index in [1.54, 1.807) is 0 Å². The van der Waals surface area contributed by atoms with Crippen molar-refractivity contribution in [2.24, 2.45) is 5.92 Å². The van der Waals surface area contributed by atoms with E-state index in [4.69, 9.17) is 4.74 Å². The molecule has 0 aromatic heterocycles. The van der Waals surface area contributed by atoms with E-state index in [0.29, 0.717) is 11.2 Å². The van der Waals surface area contributed by atoms with Crippen molar-refractivity contribution in [3.8, 4) is 0 Å². The normalized spacial score (nSPS) is 53.1. The molecule has 0 amide bonds. The van der Waals surface area contributed by atoms with E-state index in [1.165, 1.54) is 25.7 Å². The molecular weight excluding hydrogens is 192 g/mol. The average Bonchev–Trinajstić information content (AvgIpc) is 2.37. The third-order valence-corrected chi connectivity index (χ3v) is 4.41. The smallest absolute Gasteiger partial charge is 0.0794 e. The van der Waals surface area contributed by atoms with Crippen molar-refractivity contribution in [3.05, 3.63) is 0 Å². The van der Waals surface area contributed by atoms with Gasteiger partial charge in [0.25, 0.3) is 0 Å². The van der Waals surface area contributed by atoms with Gasteiger partial charge in [0.2, 0.25) is 0 Å². The molecule has 1 spiro atoms. The third kappa shape index (κ3) is 0.504. The lowest BCUT2D eigenvalue weighted by molar-refractivity contribution is -0.0119. The van der Waals surface area contributed by atoms with Crippen molar-refractivity contribution in [2.75, 3.05) is 5.33 Å². The van der Waals surface area contributed by atoms with Gasteiger partial charge in [-0.2, -0.15) is 0 Å². The summed E-state index contributed by atoms with van der Waals surface area (Å²) in [4.78, 5) is 0. The van der Waals surface area contributed by atoms with E-state index in [9.17, 15) is 0 Å². The highest BCUT2D eigenvalue weighted by Crippen LogP contribution is 2.67. The van der Waals surface area contributed by atoms with Crippen molar-refractivity contribution < 1.29 is 4.74 Å². The molecule has 2 saturated heterocycles. The minimum absolute atomic E-state index is 0.293. The lowest BCUT2D eigenvalue weighted by atomic mass is 9.73. The Morgan fingerprint density at radius 1 is 1.40 bits per heavy atom. The van der Waals surface area contributed by atoms with Crippen LogP contribution in [0.4, 0.5) is 0 Å². The number of alkyl halides is 1. The van der Waals surface area contributed by atoms with Gasteiger partial charge < -0.3 is 4.74 Å². The van der Waals surface area contributed by atoms with Gasteiger partial charge in [-0.25, -0.2) is 0 Å². The van der Waals surface area contributed by atoms with Crippen molar-refractivity contribution in [2.45, 2.75) is 36.9 Å². The maximum atomic E-state index is 6.02. The second kappa shape index (κ2) is 1.46. The predicted octanol–water partition coefficient (Wildman–Crippen LogP) is 2.09. The van der Waals surface area contributed by atoms with Crippen LogP contribution in [0, 0.1) is 5.92 Å². The topological polar surface area (TPSA) is 9.23 Å². The summed E-state index contributed by atoms with van der Waals surface area (Å²) >= 11 is 3.52. The number of rotatable bonds is 1. The quantitative estimate of drug-likeness (QED) is 0.593. The van der Waals surface area contributed by atoms with E-state index in [-0.39, 0.29) is 0 Å². The summed E-state index contributed by atoms with van der Waals surface area (Å²) in [6.07, 6.45) is 5.34. The third-order valence-electron chi connectivity index (χ3n) is 3.39. The summed E-state index contributed by atoms with van der Waals surface area (Å²) in [6, 6.07) is 0. The van der Waals surface area contributed by atoms with Crippen molar-refractivity contribution in [1.29, 1.82) is 0 Å². The maximum absolute atomic E-state index is 6.02. The fraction of sp³-hybridized carbons (Fsp3) is 1.00. The zero-order valence-corrected chi connectivity index (χ0v) is 7.49. The van der Waals surface area contributed by atoms with Gasteiger partial charge in [-0.1, -0.05) is 15.9 Å². The van der Waals surface area contributed by atoms with Crippen molar-refractivity contribution in [1.82, 2.24) is 0 Å². The van der Waals surface area contributed by atoms with Gasteiger partial charge in [-0.15, -0.1) is 0 Å². The molecule has 2 heteroatoms. The first-order valence-electron chi connectivity index (χ1n) is 4.05. The highest BCUT2D eigenvalue weighted by atomic mass is 79.9. The molecule has 10 heavy (non-hydrogen) atoms. The van der Waals surface area contributed by atoms with Gasteiger partial charge in [-0.05, 0) is 31.6 Å². The molecule has 0 N–H and O–H groups in total. The SMILES string of the molecule is BrCC12CC(C1)C1(CC1)O2. The second-order valence-electron chi connectivity index (χ2n) is 4.09. The summed E-state index contributed by atoms with van der Waals surface area (Å²) in [5, 5.41) is 1.05. The van der Waals surface area contributed by atoms with Gasteiger partial charge in [0.1, 0.15) is 0 Å². The molecule has 0 aromatic carbocycles. The highest BCUT2D eigenvalue weighted by molar-refractivity contribution is 9.09. The Hall–Kier alpha value is 0.440. The molecule has 2 saturated carbocycles. The largest absolute Gasteiger partial charge is 0.367 e.